The van der Waals surface area contributed by atoms with Gasteiger partial charge in [-0.1, -0.05) is 26.3 Å². The van der Waals surface area contributed by atoms with Gasteiger partial charge in [-0.3, -0.25) is 4.79 Å². The van der Waals surface area contributed by atoms with Crippen molar-refractivity contribution in [2.75, 3.05) is 5.32 Å². The van der Waals surface area contributed by atoms with Crippen molar-refractivity contribution < 1.29 is 24.6 Å². The third kappa shape index (κ3) is 3.82. The highest BCUT2D eigenvalue weighted by Gasteiger charge is 2.57. The molecule has 35 heavy (non-hydrogen) atoms. The molecule has 3 N–H and O–H groups in total. The molecule has 0 saturated heterocycles. The van der Waals surface area contributed by atoms with E-state index in [1.54, 1.807) is 19.1 Å². The number of benzene rings is 1. The fraction of sp³-hybridized carbons (Fsp3) is 0.552. The molecule has 186 valence electrons. The highest BCUT2D eigenvalue weighted by Crippen LogP contribution is 2.65. The second-order valence-electron chi connectivity index (χ2n) is 11.8. The van der Waals surface area contributed by atoms with E-state index in [4.69, 9.17) is 0 Å². The Hall–Kier alpha value is -2.89. The molecule has 4 aliphatic carbocycles. The molecular weight excluding hydrogens is 442 g/mol. The topological polar surface area (TPSA) is 104 Å². The summed E-state index contributed by atoms with van der Waals surface area (Å²) in [4.78, 5) is 37.0. The maximum Gasteiger partial charge on any atom is 0.335 e. The fourth-order valence-electron chi connectivity index (χ4n) is 8.01. The smallest absolute Gasteiger partial charge is 0.335 e. The summed E-state index contributed by atoms with van der Waals surface area (Å²) >= 11 is 0. The van der Waals surface area contributed by atoms with Gasteiger partial charge in [-0.15, -0.1) is 0 Å². The number of aliphatic carboxylic acids is 1. The number of rotatable bonds is 4. The van der Waals surface area contributed by atoms with Crippen LogP contribution in [0, 0.1) is 41.4 Å². The number of allylic oxidation sites excluding steroid dienone is 3. The minimum Gasteiger partial charge on any atom is -0.478 e. The Morgan fingerprint density at radius 2 is 1.80 bits per heavy atom. The van der Waals surface area contributed by atoms with Crippen molar-refractivity contribution in [1.82, 2.24) is 0 Å². The van der Waals surface area contributed by atoms with Crippen molar-refractivity contribution in [3.05, 3.63) is 52.6 Å². The predicted octanol–water partition coefficient (Wildman–Crippen LogP) is 5.83. The number of hydrogen-bond acceptors (Lipinski definition) is 3. The monoisotopic (exact) mass is 477 g/mol. The van der Waals surface area contributed by atoms with Crippen LogP contribution >= 0.6 is 0 Å². The lowest BCUT2D eigenvalue weighted by Crippen LogP contribution is -2.50. The molecule has 2 fully saturated rings. The first-order valence-corrected chi connectivity index (χ1v) is 12.8. The van der Waals surface area contributed by atoms with Gasteiger partial charge in [-0.05, 0) is 109 Å². The van der Waals surface area contributed by atoms with E-state index in [9.17, 15) is 24.6 Å². The first kappa shape index (κ1) is 23.8. The van der Waals surface area contributed by atoms with Crippen LogP contribution in [0.4, 0.5) is 5.69 Å². The zero-order valence-corrected chi connectivity index (χ0v) is 20.8. The van der Waals surface area contributed by atoms with Gasteiger partial charge in [0.2, 0.25) is 5.91 Å². The number of carboxylic acid groups (broad SMARTS) is 2. The maximum absolute atomic E-state index is 13.5. The zero-order valence-electron chi connectivity index (χ0n) is 20.8. The van der Waals surface area contributed by atoms with Crippen LogP contribution in [0.3, 0.4) is 0 Å². The van der Waals surface area contributed by atoms with Gasteiger partial charge < -0.3 is 15.5 Å². The van der Waals surface area contributed by atoms with Gasteiger partial charge in [0.25, 0.3) is 0 Å². The molecule has 0 heterocycles. The van der Waals surface area contributed by atoms with Crippen molar-refractivity contribution in [1.29, 1.82) is 0 Å². The van der Waals surface area contributed by atoms with E-state index in [0.29, 0.717) is 40.8 Å². The number of hydrogen-bond donors (Lipinski definition) is 3. The normalized spacial score (nSPS) is 35.6. The van der Waals surface area contributed by atoms with Crippen LogP contribution in [0.25, 0.3) is 0 Å². The van der Waals surface area contributed by atoms with Gasteiger partial charge in [-0.2, -0.15) is 0 Å². The van der Waals surface area contributed by atoms with Crippen LogP contribution in [0.15, 0.2) is 41.5 Å². The maximum atomic E-state index is 13.5. The van der Waals surface area contributed by atoms with E-state index in [-0.39, 0.29) is 22.5 Å². The molecule has 5 rings (SSSR count). The Morgan fingerprint density at radius 3 is 2.49 bits per heavy atom. The van der Waals surface area contributed by atoms with Gasteiger partial charge in [0.1, 0.15) is 0 Å². The van der Waals surface area contributed by atoms with Crippen LogP contribution in [-0.4, -0.2) is 28.1 Å². The number of carboxylic acids is 2. The van der Waals surface area contributed by atoms with Crippen LogP contribution in [0.1, 0.15) is 74.7 Å². The van der Waals surface area contributed by atoms with E-state index in [2.05, 4.69) is 25.2 Å². The van der Waals surface area contributed by atoms with Crippen LogP contribution in [0.2, 0.25) is 0 Å². The summed E-state index contributed by atoms with van der Waals surface area (Å²) in [6.07, 6.45) is 11.8. The van der Waals surface area contributed by atoms with Gasteiger partial charge in [0, 0.05) is 11.3 Å². The summed E-state index contributed by atoms with van der Waals surface area (Å²) < 4.78 is 0. The van der Waals surface area contributed by atoms with Crippen molar-refractivity contribution in [3.63, 3.8) is 0 Å². The minimum absolute atomic E-state index is 0.144. The summed E-state index contributed by atoms with van der Waals surface area (Å²) in [5.41, 5.74) is 2.72. The Labute approximate surface area is 206 Å². The molecule has 0 bridgehead atoms. The van der Waals surface area contributed by atoms with Gasteiger partial charge in [0.05, 0.1) is 11.5 Å². The van der Waals surface area contributed by atoms with Crippen LogP contribution < -0.4 is 5.32 Å². The SMILES string of the molecule is Cc1cc(C(=O)O)ccc1NC(=O)C1C[C@@]2(C)C(=CC[C@H]3[C@@H]4CCC[C@@]4(C)CC[C@@H]32)C=C1C(=O)O. The molecule has 2 saturated carbocycles. The second kappa shape index (κ2) is 8.35. The average Bonchev–Trinajstić information content (AvgIpc) is 3.20. The number of fused-ring (bicyclic) bond motifs is 5. The number of carbonyl (C=O) groups is 3. The third-order valence-electron chi connectivity index (χ3n) is 9.92. The van der Waals surface area contributed by atoms with Crippen molar-refractivity contribution in [3.8, 4) is 0 Å². The van der Waals surface area contributed by atoms with E-state index in [1.807, 2.05) is 0 Å². The van der Waals surface area contributed by atoms with Gasteiger partial charge in [0.15, 0.2) is 0 Å². The van der Waals surface area contributed by atoms with Crippen molar-refractivity contribution in [2.45, 2.75) is 65.7 Å². The Kier molecular flexibility index (Phi) is 5.69. The lowest BCUT2D eigenvalue weighted by molar-refractivity contribution is -0.135. The molecule has 0 aromatic heterocycles. The second-order valence-corrected chi connectivity index (χ2v) is 11.8. The molecule has 1 unspecified atom stereocenters. The molecule has 1 aromatic rings. The van der Waals surface area contributed by atoms with E-state index in [0.717, 1.165) is 18.4 Å². The molecule has 6 nitrogen and oxygen atoms in total. The van der Waals surface area contributed by atoms with E-state index in [1.165, 1.54) is 37.8 Å². The predicted molar refractivity (Wildman–Crippen MR) is 133 cm³/mol. The van der Waals surface area contributed by atoms with E-state index < -0.39 is 17.9 Å². The standard InChI is InChI=1S/C29H35NO5/c1-16-13-17(26(32)33)6-9-24(16)30-25(31)21-15-29(3)18(14-20(21)27(34)35)7-8-19-22-5-4-11-28(22,2)12-10-23(19)29/h6-7,9,13-14,19,21-23H,4-5,8,10-12,15H2,1-3H3,(H,30,31)(H,32,33)(H,34,35)/t19-,21?,22-,23-,28-,29-/m0/s1. The molecule has 0 spiro atoms. The van der Waals surface area contributed by atoms with Crippen LogP contribution in [0.5, 0.6) is 0 Å². The molecular formula is C29H35NO5. The third-order valence-corrected chi connectivity index (χ3v) is 9.92. The molecule has 6 atom stereocenters. The Morgan fingerprint density at radius 1 is 1.03 bits per heavy atom. The van der Waals surface area contributed by atoms with Gasteiger partial charge in [-0.25, -0.2) is 9.59 Å². The highest BCUT2D eigenvalue weighted by molar-refractivity contribution is 6.03. The number of nitrogens with one attached hydrogen (secondary N) is 1. The van der Waals surface area contributed by atoms with Crippen molar-refractivity contribution >= 4 is 23.5 Å². The molecule has 1 amide bonds. The lowest BCUT2D eigenvalue weighted by Gasteiger charge is -2.56. The summed E-state index contributed by atoms with van der Waals surface area (Å²) in [6.45, 7) is 6.45. The quantitative estimate of drug-likeness (QED) is 0.506. The number of amides is 1. The molecule has 1 aromatic carbocycles. The lowest BCUT2D eigenvalue weighted by atomic mass is 9.48. The van der Waals surface area contributed by atoms with Crippen molar-refractivity contribution in [2.24, 2.45) is 34.5 Å². The fourth-order valence-corrected chi connectivity index (χ4v) is 8.01. The van der Waals surface area contributed by atoms with Gasteiger partial charge >= 0.3 is 11.9 Å². The summed E-state index contributed by atoms with van der Waals surface area (Å²) in [7, 11) is 0. The number of aromatic carboxylic acids is 1. The molecule has 4 aliphatic rings. The number of carbonyl (C=O) groups excluding carboxylic acids is 1. The number of aryl methyl sites for hydroxylation is 1. The average molecular weight is 478 g/mol. The Bertz CT molecular complexity index is 1170. The number of anilines is 1. The van der Waals surface area contributed by atoms with E-state index >= 15 is 0 Å². The summed E-state index contributed by atoms with van der Waals surface area (Å²) in [5, 5.41) is 22.1. The zero-order chi connectivity index (χ0) is 25.1. The Balaban J connectivity index is 1.46. The molecule has 0 aliphatic heterocycles. The highest BCUT2D eigenvalue weighted by atomic mass is 16.4. The summed E-state index contributed by atoms with van der Waals surface area (Å²) in [6, 6.07) is 4.55. The first-order chi connectivity index (χ1) is 16.5. The summed E-state index contributed by atoms with van der Waals surface area (Å²) in [5.74, 6) is -1.42. The first-order valence-electron chi connectivity index (χ1n) is 12.8. The molecule has 0 radical (unpaired) electrons. The largest absolute Gasteiger partial charge is 0.478 e. The van der Waals surface area contributed by atoms with Crippen LogP contribution in [-0.2, 0) is 9.59 Å². The minimum atomic E-state index is -1.06. The molecule has 6 heteroatoms.